The van der Waals surface area contributed by atoms with Crippen LogP contribution in [0.1, 0.15) is 37.0 Å². The molecular formula is C16H25N3O. The highest BCUT2D eigenvalue weighted by Crippen LogP contribution is 2.26. The van der Waals surface area contributed by atoms with Crippen LogP contribution in [0.4, 0.5) is 11.4 Å². The lowest BCUT2D eigenvalue weighted by Crippen LogP contribution is -2.44. The standard InChI is InChI=1S/C16H25N3O/c1-11-7-8-19(12(2)9-11)16(20)13-5-6-15(18(3)4)14(17)10-13/h5-6,10-12H,7-9,17H2,1-4H3. The molecule has 1 saturated heterocycles. The van der Waals surface area contributed by atoms with E-state index in [1.165, 1.54) is 0 Å². The van der Waals surface area contributed by atoms with E-state index in [-0.39, 0.29) is 5.91 Å². The topological polar surface area (TPSA) is 49.6 Å². The average Bonchev–Trinajstić information content (AvgIpc) is 2.37. The summed E-state index contributed by atoms with van der Waals surface area (Å²) in [6.45, 7) is 5.23. The molecule has 4 heteroatoms. The predicted octanol–water partition coefficient (Wildman–Crippen LogP) is 2.60. The normalized spacial score (nSPS) is 22.7. The highest BCUT2D eigenvalue weighted by molar-refractivity contribution is 5.96. The van der Waals surface area contributed by atoms with E-state index in [0.29, 0.717) is 23.2 Å². The van der Waals surface area contributed by atoms with Crippen LogP contribution < -0.4 is 10.6 Å². The summed E-state index contributed by atoms with van der Waals surface area (Å²) in [5.41, 5.74) is 8.32. The third-order valence-electron chi connectivity index (χ3n) is 4.16. The van der Waals surface area contributed by atoms with Gasteiger partial charge in [0.25, 0.3) is 5.91 Å². The summed E-state index contributed by atoms with van der Waals surface area (Å²) in [4.78, 5) is 16.5. The molecule has 1 aromatic rings. The number of carbonyl (C=O) groups excluding carboxylic acids is 1. The molecule has 2 unspecified atom stereocenters. The number of hydrogen-bond donors (Lipinski definition) is 1. The van der Waals surface area contributed by atoms with Gasteiger partial charge in [0.05, 0.1) is 11.4 Å². The molecule has 1 fully saturated rings. The van der Waals surface area contributed by atoms with E-state index < -0.39 is 0 Å². The van der Waals surface area contributed by atoms with Crippen molar-refractivity contribution in [3.05, 3.63) is 23.8 Å². The van der Waals surface area contributed by atoms with Gasteiger partial charge in [-0.15, -0.1) is 0 Å². The molecule has 1 aliphatic heterocycles. The summed E-state index contributed by atoms with van der Waals surface area (Å²) >= 11 is 0. The monoisotopic (exact) mass is 275 g/mol. The minimum Gasteiger partial charge on any atom is -0.397 e. The molecule has 2 atom stereocenters. The van der Waals surface area contributed by atoms with Gasteiger partial charge in [0.1, 0.15) is 0 Å². The van der Waals surface area contributed by atoms with Crippen molar-refractivity contribution in [2.24, 2.45) is 5.92 Å². The van der Waals surface area contributed by atoms with Gasteiger partial charge < -0.3 is 15.5 Å². The molecular weight excluding hydrogens is 250 g/mol. The van der Waals surface area contributed by atoms with E-state index >= 15 is 0 Å². The Bertz CT molecular complexity index is 498. The first-order chi connectivity index (χ1) is 9.40. The van der Waals surface area contributed by atoms with Crippen molar-refractivity contribution in [3.8, 4) is 0 Å². The number of piperidine rings is 1. The number of nitrogens with zero attached hydrogens (tertiary/aromatic N) is 2. The second-order valence-corrected chi connectivity index (χ2v) is 6.15. The van der Waals surface area contributed by atoms with Gasteiger partial charge in [-0.05, 0) is 43.9 Å². The SMILES string of the molecule is CC1CCN(C(=O)c2ccc(N(C)C)c(N)c2)C(C)C1. The number of amides is 1. The van der Waals surface area contributed by atoms with Gasteiger partial charge in [-0.2, -0.15) is 0 Å². The summed E-state index contributed by atoms with van der Waals surface area (Å²) in [7, 11) is 3.89. The van der Waals surface area contributed by atoms with E-state index in [1.54, 1.807) is 6.07 Å². The molecule has 0 aromatic heterocycles. The van der Waals surface area contributed by atoms with Crippen LogP contribution in [0.3, 0.4) is 0 Å². The van der Waals surface area contributed by atoms with Gasteiger partial charge in [0.15, 0.2) is 0 Å². The summed E-state index contributed by atoms with van der Waals surface area (Å²) in [5, 5.41) is 0. The Kier molecular flexibility index (Phi) is 4.21. The maximum atomic E-state index is 12.6. The van der Waals surface area contributed by atoms with Crippen molar-refractivity contribution in [1.29, 1.82) is 0 Å². The lowest BCUT2D eigenvalue weighted by Gasteiger charge is -2.36. The maximum Gasteiger partial charge on any atom is 0.254 e. The number of carbonyl (C=O) groups is 1. The third-order valence-corrected chi connectivity index (χ3v) is 4.16. The fourth-order valence-corrected chi connectivity index (χ4v) is 2.97. The lowest BCUT2D eigenvalue weighted by atomic mass is 9.93. The first-order valence-corrected chi connectivity index (χ1v) is 7.28. The molecule has 1 heterocycles. The Morgan fingerprint density at radius 2 is 2.05 bits per heavy atom. The van der Waals surface area contributed by atoms with Crippen LogP contribution >= 0.6 is 0 Å². The Morgan fingerprint density at radius 3 is 2.60 bits per heavy atom. The average molecular weight is 275 g/mol. The molecule has 1 aliphatic rings. The van der Waals surface area contributed by atoms with E-state index in [0.717, 1.165) is 25.1 Å². The van der Waals surface area contributed by atoms with E-state index in [2.05, 4.69) is 13.8 Å². The van der Waals surface area contributed by atoms with Crippen molar-refractivity contribution >= 4 is 17.3 Å². The number of nitrogens with two attached hydrogens (primary N) is 1. The first kappa shape index (κ1) is 14.7. The number of anilines is 2. The molecule has 0 saturated carbocycles. The Morgan fingerprint density at radius 1 is 1.35 bits per heavy atom. The van der Waals surface area contributed by atoms with Crippen LogP contribution in [0.5, 0.6) is 0 Å². The van der Waals surface area contributed by atoms with E-state index in [9.17, 15) is 4.79 Å². The molecule has 2 N–H and O–H groups in total. The van der Waals surface area contributed by atoms with Crippen LogP contribution in [0.25, 0.3) is 0 Å². The zero-order valence-electron chi connectivity index (χ0n) is 12.9. The minimum absolute atomic E-state index is 0.0985. The Balaban J connectivity index is 2.19. The van der Waals surface area contributed by atoms with Crippen LogP contribution in [-0.4, -0.2) is 37.5 Å². The molecule has 0 spiro atoms. The highest BCUT2D eigenvalue weighted by Gasteiger charge is 2.27. The molecule has 2 rings (SSSR count). The van der Waals surface area contributed by atoms with Gasteiger partial charge in [-0.1, -0.05) is 6.92 Å². The molecule has 1 amide bonds. The van der Waals surface area contributed by atoms with Crippen LogP contribution in [0.2, 0.25) is 0 Å². The van der Waals surface area contributed by atoms with Gasteiger partial charge in [0.2, 0.25) is 0 Å². The second-order valence-electron chi connectivity index (χ2n) is 6.15. The zero-order valence-corrected chi connectivity index (χ0v) is 12.9. The number of rotatable bonds is 2. The van der Waals surface area contributed by atoms with Crippen LogP contribution in [-0.2, 0) is 0 Å². The quantitative estimate of drug-likeness (QED) is 0.844. The molecule has 0 bridgehead atoms. The van der Waals surface area contributed by atoms with Crippen molar-refractivity contribution in [1.82, 2.24) is 4.90 Å². The zero-order chi connectivity index (χ0) is 14.9. The third kappa shape index (κ3) is 2.89. The number of likely N-dealkylation sites (tertiary alicyclic amines) is 1. The van der Waals surface area contributed by atoms with Crippen LogP contribution in [0, 0.1) is 5.92 Å². The van der Waals surface area contributed by atoms with Gasteiger partial charge in [0, 0.05) is 32.2 Å². The molecule has 4 nitrogen and oxygen atoms in total. The summed E-state index contributed by atoms with van der Waals surface area (Å²) in [5.74, 6) is 0.802. The fraction of sp³-hybridized carbons (Fsp3) is 0.562. The van der Waals surface area contributed by atoms with E-state index in [1.807, 2.05) is 36.0 Å². The number of benzene rings is 1. The minimum atomic E-state index is 0.0985. The number of nitrogen functional groups attached to an aromatic ring is 1. The molecule has 20 heavy (non-hydrogen) atoms. The molecule has 0 radical (unpaired) electrons. The first-order valence-electron chi connectivity index (χ1n) is 7.28. The van der Waals surface area contributed by atoms with Gasteiger partial charge >= 0.3 is 0 Å². The number of hydrogen-bond acceptors (Lipinski definition) is 3. The molecule has 110 valence electrons. The van der Waals surface area contributed by atoms with Gasteiger partial charge in [-0.25, -0.2) is 0 Å². The van der Waals surface area contributed by atoms with Crippen molar-refractivity contribution < 1.29 is 4.79 Å². The molecule has 1 aromatic carbocycles. The highest BCUT2D eigenvalue weighted by atomic mass is 16.2. The van der Waals surface area contributed by atoms with Crippen molar-refractivity contribution in [2.45, 2.75) is 32.7 Å². The van der Waals surface area contributed by atoms with Crippen LogP contribution in [0.15, 0.2) is 18.2 Å². The largest absolute Gasteiger partial charge is 0.397 e. The Hall–Kier alpha value is -1.71. The maximum absolute atomic E-state index is 12.6. The lowest BCUT2D eigenvalue weighted by molar-refractivity contribution is 0.0588. The summed E-state index contributed by atoms with van der Waals surface area (Å²) < 4.78 is 0. The Labute approximate surface area is 121 Å². The smallest absolute Gasteiger partial charge is 0.254 e. The van der Waals surface area contributed by atoms with Crippen molar-refractivity contribution in [3.63, 3.8) is 0 Å². The fourth-order valence-electron chi connectivity index (χ4n) is 2.97. The van der Waals surface area contributed by atoms with Gasteiger partial charge in [-0.3, -0.25) is 4.79 Å². The second kappa shape index (κ2) is 5.73. The summed E-state index contributed by atoms with van der Waals surface area (Å²) in [6, 6.07) is 5.89. The molecule has 0 aliphatic carbocycles. The predicted molar refractivity (Wildman–Crippen MR) is 84.1 cm³/mol. The summed E-state index contributed by atoms with van der Waals surface area (Å²) in [6.07, 6.45) is 2.17. The van der Waals surface area contributed by atoms with E-state index in [4.69, 9.17) is 5.73 Å². The van der Waals surface area contributed by atoms with Crippen molar-refractivity contribution in [2.75, 3.05) is 31.3 Å².